The average Bonchev–Trinajstić information content (AvgIpc) is 3.43. The average molecular weight is 657 g/mol. The molecule has 2 bridgehead atoms. The van der Waals surface area contributed by atoms with Crippen LogP contribution in [0.2, 0.25) is 0 Å². The molecular formula is C33H33F5N6O3. The molecule has 14 heteroatoms. The first-order valence-electron chi connectivity index (χ1n) is 16.0. The Labute approximate surface area is 266 Å². The number of anilines is 1. The molecule has 0 amide bonds. The number of piperazine rings is 1. The fraction of sp³-hybridized carbons (Fsp3) is 0.485. The molecule has 8 rings (SSSR count). The number of fused-ring (bicyclic) bond motifs is 4. The molecule has 2 aromatic carbocycles. The van der Waals surface area contributed by atoms with Crippen molar-refractivity contribution in [3.8, 4) is 17.4 Å². The topological polar surface area (TPSA) is 95.8 Å². The highest BCUT2D eigenvalue weighted by Gasteiger charge is 2.45. The number of halogens is 5. The van der Waals surface area contributed by atoms with Crippen LogP contribution in [0.15, 0.2) is 35.1 Å². The maximum atomic E-state index is 15.2. The predicted octanol–water partition coefficient (Wildman–Crippen LogP) is 5.13. The summed E-state index contributed by atoms with van der Waals surface area (Å²) in [6.07, 6.45) is 0.909. The number of likely N-dealkylation sites (tertiary alicyclic amines) is 1. The molecule has 1 aliphatic carbocycles. The number of nitrogens with zero attached hydrogens (tertiary/aromatic N) is 5. The minimum atomic E-state index is -5.11. The number of ether oxygens (including phenoxy) is 1. The van der Waals surface area contributed by atoms with E-state index in [2.05, 4.69) is 20.2 Å². The summed E-state index contributed by atoms with van der Waals surface area (Å²) in [4.78, 5) is 27.6. The number of phenolic OH excluding ortho intramolecular Hbond substituents is 1. The molecule has 47 heavy (non-hydrogen) atoms. The van der Waals surface area contributed by atoms with E-state index < -0.39 is 45.9 Å². The molecule has 3 saturated heterocycles. The maximum Gasteiger partial charge on any atom is 0.431 e. The minimum Gasteiger partial charge on any atom is -0.508 e. The van der Waals surface area contributed by atoms with Gasteiger partial charge in [0.25, 0.3) is 5.56 Å². The smallest absolute Gasteiger partial charge is 0.431 e. The van der Waals surface area contributed by atoms with Crippen LogP contribution in [0.4, 0.5) is 27.8 Å². The Kier molecular flexibility index (Phi) is 7.10. The minimum absolute atomic E-state index is 0.0839. The third-order valence-electron chi connectivity index (χ3n) is 10.1. The first kappa shape index (κ1) is 30.3. The molecule has 1 saturated carbocycles. The van der Waals surface area contributed by atoms with Crippen LogP contribution < -0.4 is 20.5 Å². The third-order valence-corrected chi connectivity index (χ3v) is 10.1. The van der Waals surface area contributed by atoms with Crippen LogP contribution in [0.3, 0.4) is 0 Å². The van der Waals surface area contributed by atoms with E-state index in [1.165, 1.54) is 0 Å². The Morgan fingerprint density at radius 3 is 2.43 bits per heavy atom. The van der Waals surface area contributed by atoms with Gasteiger partial charge in [-0.05, 0) is 75.2 Å². The molecule has 0 unspecified atom stereocenters. The Morgan fingerprint density at radius 2 is 1.74 bits per heavy atom. The van der Waals surface area contributed by atoms with Crippen molar-refractivity contribution in [1.29, 1.82) is 0 Å². The molecule has 2 atom stereocenters. The van der Waals surface area contributed by atoms with E-state index in [1.807, 2.05) is 4.90 Å². The highest BCUT2D eigenvalue weighted by atomic mass is 19.4. The lowest BCUT2D eigenvalue weighted by Gasteiger charge is -2.34. The summed E-state index contributed by atoms with van der Waals surface area (Å²) in [5.74, 6) is -3.15. The maximum absolute atomic E-state index is 15.2. The molecular weight excluding hydrogens is 623 g/mol. The van der Waals surface area contributed by atoms with Crippen LogP contribution in [0, 0.1) is 17.0 Å². The van der Waals surface area contributed by atoms with E-state index in [0.717, 1.165) is 88.5 Å². The Bertz CT molecular complexity index is 1940. The Balaban J connectivity index is 1.31. The molecule has 0 radical (unpaired) electrons. The number of aromatic hydroxyl groups is 1. The van der Waals surface area contributed by atoms with Crippen molar-refractivity contribution >= 4 is 27.5 Å². The summed E-state index contributed by atoms with van der Waals surface area (Å²) in [6.45, 7) is 4.14. The number of phenols is 1. The summed E-state index contributed by atoms with van der Waals surface area (Å²) in [5, 5.41) is 13.1. The quantitative estimate of drug-likeness (QED) is 0.265. The Hall–Kier alpha value is -4.04. The van der Waals surface area contributed by atoms with E-state index >= 15 is 4.39 Å². The lowest BCUT2D eigenvalue weighted by Crippen LogP contribution is -2.51. The standard InChI is InChI=1S/C33H33F5N6O3/c34-23-6-3-18-11-21(45)12-24(26(18)27(23)35)44-25(33(36,37)38)13-22-28(30(44)46)40-31(41-29(22)43-14-19-4-5-20(15-43)39-19)47-17-32(7-8-32)16-42-9-1-2-10-42/h3,6,11-13,19-20,39,45H,1-2,4-5,7-10,14-17H2/t19-,20+. The van der Waals surface area contributed by atoms with Crippen molar-refractivity contribution in [3.63, 3.8) is 0 Å². The zero-order chi connectivity index (χ0) is 32.7. The van der Waals surface area contributed by atoms with Crippen molar-refractivity contribution in [2.75, 3.05) is 44.2 Å². The highest BCUT2D eigenvalue weighted by molar-refractivity contribution is 5.94. The molecule has 5 heterocycles. The van der Waals surface area contributed by atoms with Gasteiger partial charge in [-0.1, -0.05) is 6.07 Å². The van der Waals surface area contributed by atoms with E-state index in [9.17, 15) is 27.5 Å². The number of benzene rings is 2. The van der Waals surface area contributed by atoms with Crippen LogP contribution in [0.1, 0.15) is 44.2 Å². The molecule has 4 aliphatic rings. The monoisotopic (exact) mass is 656 g/mol. The highest BCUT2D eigenvalue weighted by Crippen LogP contribution is 2.47. The predicted molar refractivity (Wildman–Crippen MR) is 164 cm³/mol. The fourth-order valence-corrected chi connectivity index (χ4v) is 7.57. The van der Waals surface area contributed by atoms with E-state index in [4.69, 9.17) is 4.74 Å². The van der Waals surface area contributed by atoms with Gasteiger partial charge in [-0.25, -0.2) is 8.78 Å². The third kappa shape index (κ3) is 5.44. The van der Waals surface area contributed by atoms with Gasteiger partial charge in [0.1, 0.15) is 22.8 Å². The van der Waals surface area contributed by atoms with Gasteiger partial charge in [0, 0.05) is 48.6 Å². The summed E-state index contributed by atoms with van der Waals surface area (Å²) >= 11 is 0. The van der Waals surface area contributed by atoms with Gasteiger partial charge < -0.3 is 25.0 Å². The van der Waals surface area contributed by atoms with E-state index in [0.29, 0.717) is 13.1 Å². The summed E-state index contributed by atoms with van der Waals surface area (Å²) in [7, 11) is 0. The summed E-state index contributed by atoms with van der Waals surface area (Å²) in [6, 6.07) is 4.69. The second-order valence-corrected chi connectivity index (χ2v) is 13.5. The molecule has 4 aromatic rings. The van der Waals surface area contributed by atoms with Crippen molar-refractivity contribution in [3.05, 3.63) is 58.0 Å². The molecule has 2 aromatic heterocycles. The molecule has 0 spiro atoms. The van der Waals surface area contributed by atoms with Crippen molar-refractivity contribution in [1.82, 2.24) is 24.8 Å². The number of pyridine rings is 1. The zero-order valence-electron chi connectivity index (χ0n) is 25.4. The van der Waals surface area contributed by atoms with Gasteiger partial charge in [-0.15, -0.1) is 0 Å². The first-order valence-corrected chi connectivity index (χ1v) is 16.0. The van der Waals surface area contributed by atoms with Crippen LogP contribution in [0.5, 0.6) is 11.8 Å². The molecule has 9 nitrogen and oxygen atoms in total. The van der Waals surface area contributed by atoms with Gasteiger partial charge >= 0.3 is 12.2 Å². The van der Waals surface area contributed by atoms with E-state index in [1.54, 1.807) is 0 Å². The van der Waals surface area contributed by atoms with Crippen LogP contribution in [0.25, 0.3) is 27.4 Å². The number of hydrogen-bond acceptors (Lipinski definition) is 8. The fourth-order valence-electron chi connectivity index (χ4n) is 7.57. The molecule has 3 aliphatic heterocycles. The number of hydrogen-bond donors (Lipinski definition) is 2. The van der Waals surface area contributed by atoms with E-state index in [-0.39, 0.29) is 56.8 Å². The van der Waals surface area contributed by atoms with Crippen molar-refractivity contribution < 1.29 is 31.8 Å². The molecule has 2 N–H and O–H groups in total. The molecule has 248 valence electrons. The first-order chi connectivity index (χ1) is 22.5. The zero-order valence-corrected chi connectivity index (χ0v) is 25.4. The number of alkyl halides is 3. The van der Waals surface area contributed by atoms with Gasteiger partial charge in [0.05, 0.1) is 17.7 Å². The van der Waals surface area contributed by atoms with Crippen molar-refractivity contribution in [2.45, 2.75) is 56.8 Å². The summed E-state index contributed by atoms with van der Waals surface area (Å²) in [5.41, 5.74) is -3.78. The number of nitrogens with one attached hydrogen (secondary N) is 1. The number of rotatable bonds is 7. The van der Waals surface area contributed by atoms with Gasteiger partial charge in [0.2, 0.25) is 0 Å². The van der Waals surface area contributed by atoms with Crippen LogP contribution >= 0.6 is 0 Å². The second kappa shape index (κ2) is 11.0. The molecule has 4 fully saturated rings. The van der Waals surface area contributed by atoms with Gasteiger partial charge in [-0.2, -0.15) is 23.1 Å². The lowest BCUT2D eigenvalue weighted by atomic mass is 10.1. The van der Waals surface area contributed by atoms with Crippen molar-refractivity contribution in [2.24, 2.45) is 5.41 Å². The largest absolute Gasteiger partial charge is 0.508 e. The number of aromatic nitrogens is 3. The summed E-state index contributed by atoms with van der Waals surface area (Å²) < 4.78 is 80.7. The normalized spacial score (nSPS) is 22.4. The SMILES string of the molecule is O=c1c2nc(OCC3(CN4CCCC4)CC3)nc(N3C[C@H]4CC[C@@H](C3)N4)c2cc(C(F)(F)F)n1-c1cc(O)cc2ccc(F)c(F)c12. The second-order valence-electron chi connectivity index (χ2n) is 13.5. The van der Waals surface area contributed by atoms with Gasteiger partial charge in [0.15, 0.2) is 11.6 Å². The van der Waals surface area contributed by atoms with Crippen LogP contribution in [-0.2, 0) is 6.18 Å². The van der Waals surface area contributed by atoms with Gasteiger partial charge in [-0.3, -0.25) is 9.36 Å². The van der Waals surface area contributed by atoms with Crippen LogP contribution in [-0.4, -0.2) is 76.0 Å². The lowest BCUT2D eigenvalue weighted by molar-refractivity contribution is -0.142. The Morgan fingerprint density at radius 1 is 1.02 bits per heavy atom.